The fourth-order valence-electron chi connectivity index (χ4n) is 3.77. The average Bonchev–Trinajstić information content (AvgIpc) is 2.58. The second-order valence-electron chi connectivity index (χ2n) is 7.53. The summed E-state index contributed by atoms with van der Waals surface area (Å²) in [6.45, 7) is 10.3. The topological polar surface area (TPSA) is 58.0 Å². The van der Waals surface area contributed by atoms with Crippen LogP contribution in [-0.4, -0.2) is 34.0 Å². The van der Waals surface area contributed by atoms with Crippen LogP contribution in [0.1, 0.15) is 37.0 Å². The van der Waals surface area contributed by atoms with Crippen molar-refractivity contribution in [3.05, 3.63) is 53.2 Å². The summed E-state index contributed by atoms with van der Waals surface area (Å²) in [7, 11) is 0. The number of pyridine rings is 1. The molecule has 2 aromatic rings. The lowest BCUT2D eigenvalue weighted by Gasteiger charge is -2.36. The van der Waals surface area contributed by atoms with Gasteiger partial charge in [0.05, 0.1) is 0 Å². The largest absolute Gasteiger partial charge is 0.439 e. The number of oxime groups is 1. The van der Waals surface area contributed by atoms with E-state index in [1.54, 1.807) is 6.20 Å². The van der Waals surface area contributed by atoms with Crippen molar-refractivity contribution in [3.63, 3.8) is 0 Å². The van der Waals surface area contributed by atoms with E-state index < -0.39 is 0 Å². The van der Waals surface area contributed by atoms with Crippen molar-refractivity contribution in [1.82, 2.24) is 9.88 Å². The number of aryl methyl sites for hydroxylation is 2. The highest BCUT2D eigenvalue weighted by Crippen LogP contribution is 2.27. The second-order valence-corrected chi connectivity index (χ2v) is 7.53. The number of aromatic nitrogens is 1. The molecule has 0 saturated carbocycles. The minimum atomic E-state index is 0.494. The van der Waals surface area contributed by atoms with Crippen molar-refractivity contribution in [3.8, 4) is 11.6 Å². The van der Waals surface area contributed by atoms with Crippen molar-refractivity contribution in [2.45, 2.75) is 34.1 Å². The molecule has 5 nitrogen and oxygen atoms in total. The summed E-state index contributed by atoms with van der Waals surface area (Å²) in [5, 5.41) is 13.2. The van der Waals surface area contributed by atoms with Crippen LogP contribution in [0.2, 0.25) is 0 Å². The molecule has 2 unspecified atom stereocenters. The SMILES string of the molecule is Cc1ccc(Oc2cc(/C(=N/O)N3CC(C)CC(C)C3)ccn2)c(C)c1. The Bertz CT molecular complexity index is 794. The summed E-state index contributed by atoms with van der Waals surface area (Å²) in [6, 6.07) is 9.74. The Balaban J connectivity index is 1.83. The molecule has 1 aromatic heterocycles. The highest BCUT2D eigenvalue weighted by molar-refractivity contribution is 5.98. The van der Waals surface area contributed by atoms with E-state index in [0.717, 1.165) is 30.0 Å². The molecule has 0 radical (unpaired) electrons. The number of hydrogen-bond acceptors (Lipinski definition) is 4. The van der Waals surface area contributed by atoms with E-state index in [1.165, 1.54) is 12.0 Å². The van der Waals surface area contributed by atoms with E-state index in [-0.39, 0.29) is 0 Å². The third-order valence-electron chi connectivity index (χ3n) is 4.80. The van der Waals surface area contributed by atoms with Gasteiger partial charge in [-0.05, 0) is 49.8 Å². The van der Waals surface area contributed by atoms with Gasteiger partial charge >= 0.3 is 0 Å². The van der Waals surface area contributed by atoms with Crippen LogP contribution in [0.3, 0.4) is 0 Å². The lowest BCUT2D eigenvalue weighted by molar-refractivity contribution is 0.204. The van der Waals surface area contributed by atoms with Crippen LogP contribution in [0.15, 0.2) is 41.7 Å². The number of hydrogen-bond donors (Lipinski definition) is 1. The number of piperidine rings is 1. The fraction of sp³-hybridized carbons (Fsp3) is 0.429. The van der Waals surface area contributed by atoms with Crippen LogP contribution < -0.4 is 4.74 Å². The summed E-state index contributed by atoms with van der Waals surface area (Å²) in [6.07, 6.45) is 2.89. The molecular weight excluding hydrogens is 326 g/mol. The monoisotopic (exact) mass is 353 g/mol. The number of likely N-dealkylation sites (tertiary alicyclic amines) is 1. The molecule has 0 aliphatic carbocycles. The zero-order valence-electron chi connectivity index (χ0n) is 15.9. The van der Waals surface area contributed by atoms with Crippen LogP contribution in [0, 0.1) is 25.7 Å². The van der Waals surface area contributed by atoms with Gasteiger partial charge in [-0.2, -0.15) is 0 Å². The molecule has 0 bridgehead atoms. The smallest absolute Gasteiger partial charge is 0.219 e. The molecule has 1 saturated heterocycles. The Hall–Kier alpha value is -2.56. The Kier molecular flexibility index (Phi) is 5.45. The molecule has 1 aromatic carbocycles. The molecule has 1 fully saturated rings. The van der Waals surface area contributed by atoms with Crippen molar-refractivity contribution >= 4 is 5.84 Å². The van der Waals surface area contributed by atoms with Gasteiger partial charge < -0.3 is 14.8 Å². The molecule has 1 N–H and O–H groups in total. The van der Waals surface area contributed by atoms with Crippen molar-refractivity contribution in [2.24, 2.45) is 17.0 Å². The minimum absolute atomic E-state index is 0.494. The van der Waals surface area contributed by atoms with Crippen LogP contribution in [-0.2, 0) is 0 Å². The maximum atomic E-state index is 9.64. The third-order valence-corrected chi connectivity index (χ3v) is 4.80. The zero-order chi connectivity index (χ0) is 18.7. The third kappa shape index (κ3) is 4.15. The predicted octanol–water partition coefficient (Wildman–Crippen LogP) is 4.60. The zero-order valence-corrected chi connectivity index (χ0v) is 15.9. The Labute approximate surface area is 155 Å². The number of nitrogens with zero attached hydrogens (tertiary/aromatic N) is 3. The normalized spacial score (nSPS) is 20.9. The average molecular weight is 353 g/mol. The van der Waals surface area contributed by atoms with Crippen molar-refractivity contribution in [1.29, 1.82) is 0 Å². The first-order valence-electron chi connectivity index (χ1n) is 9.14. The lowest BCUT2D eigenvalue weighted by Crippen LogP contribution is -2.43. The molecule has 0 amide bonds. The minimum Gasteiger partial charge on any atom is -0.439 e. The van der Waals surface area contributed by atoms with Gasteiger partial charge in [-0.1, -0.05) is 36.7 Å². The predicted molar refractivity (Wildman–Crippen MR) is 103 cm³/mol. The molecule has 138 valence electrons. The number of ether oxygens (including phenoxy) is 1. The first kappa shape index (κ1) is 18.2. The molecule has 2 heterocycles. The van der Waals surface area contributed by atoms with Gasteiger partial charge in [-0.25, -0.2) is 4.98 Å². The number of rotatable bonds is 3. The molecule has 5 heteroatoms. The molecule has 1 aliphatic heterocycles. The molecule has 3 rings (SSSR count). The highest BCUT2D eigenvalue weighted by atomic mass is 16.5. The summed E-state index contributed by atoms with van der Waals surface area (Å²) < 4.78 is 5.96. The van der Waals surface area contributed by atoms with E-state index in [4.69, 9.17) is 4.74 Å². The van der Waals surface area contributed by atoms with Gasteiger partial charge in [0.2, 0.25) is 5.88 Å². The van der Waals surface area contributed by atoms with Crippen LogP contribution in [0.5, 0.6) is 11.6 Å². The van der Waals surface area contributed by atoms with Crippen LogP contribution >= 0.6 is 0 Å². The van der Waals surface area contributed by atoms with Crippen LogP contribution in [0.4, 0.5) is 0 Å². The lowest BCUT2D eigenvalue weighted by atomic mass is 9.91. The Morgan fingerprint density at radius 3 is 2.54 bits per heavy atom. The van der Waals surface area contributed by atoms with Gasteiger partial charge in [-0.3, -0.25) is 0 Å². The quantitative estimate of drug-likeness (QED) is 0.379. The summed E-state index contributed by atoms with van der Waals surface area (Å²) in [5.74, 6) is 3.00. The molecular formula is C21H27N3O2. The van der Waals surface area contributed by atoms with Gasteiger partial charge in [0.1, 0.15) is 5.75 Å². The Morgan fingerprint density at radius 1 is 1.15 bits per heavy atom. The van der Waals surface area contributed by atoms with E-state index >= 15 is 0 Å². The number of amidine groups is 1. The van der Waals surface area contributed by atoms with Gasteiger partial charge in [0, 0.05) is 30.9 Å². The maximum Gasteiger partial charge on any atom is 0.219 e. The van der Waals surface area contributed by atoms with E-state index in [2.05, 4.69) is 41.9 Å². The van der Waals surface area contributed by atoms with E-state index in [9.17, 15) is 5.21 Å². The van der Waals surface area contributed by atoms with Crippen molar-refractivity contribution in [2.75, 3.05) is 13.1 Å². The highest BCUT2D eigenvalue weighted by Gasteiger charge is 2.25. The van der Waals surface area contributed by atoms with Gasteiger partial charge in [0.25, 0.3) is 0 Å². The Morgan fingerprint density at radius 2 is 1.88 bits per heavy atom. The first-order valence-corrected chi connectivity index (χ1v) is 9.14. The molecule has 26 heavy (non-hydrogen) atoms. The van der Waals surface area contributed by atoms with Crippen molar-refractivity contribution < 1.29 is 9.94 Å². The summed E-state index contributed by atoms with van der Waals surface area (Å²) in [4.78, 5) is 6.46. The standard InChI is InChI=1S/C21H27N3O2/c1-14-5-6-19(17(4)10-14)26-20-11-18(7-8-22-20)21(23-25)24-12-15(2)9-16(3)13-24/h5-8,10-11,15-16,25H,9,12-13H2,1-4H3/b23-21-. The molecule has 0 spiro atoms. The van der Waals surface area contributed by atoms with E-state index in [1.807, 2.05) is 31.2 Å². The fourth-order valence-corrected chi connectivity index (χ4v) is 3.77. The number of benzene rings is 1. The summed E-state index contributed by atoms with van der Waals surface area (Å²) in [5.41, 5.74) is 3.06. The summed E-state index contributed by atoms with van der Waals surface area (Å²) >= 11 is 0. The first-order chi connectivity index (χ1) is 12.5. The van der Waals surface area contributed by atoms with Gasteiger partial charge in [-0.15, -0.1) is 0 Å². The molecule has 1 aliphatic rings. The van der Waals surface area contributed by atoms with Crippen LogP contribution in [0.25, 0.3) is 0 Å². The van der Waals surface area contributed by atoms with Gasteiger partial charge in [0.15, 0.2) is 5.84 Å². The molecule has 2 atom stereocenters. The maximum absolute atomic E-state index is 9.64. The van der Waals surface area contributed by atoms with E-state index in [0.29, 0.717) is 23.6 Å². The second kappa shape index (κ2) is 7.77.